The zero-order valence-electron chi connectivity index (χ0n) is 8.24. The summed E-state index contributed by atoms with van der Waals surface area (Å²) in [6, 6.07) is 6.21. The molecule has 0 spiro atoms. The molecule has 0 bridgehead atoms. The van der Waals surface area contributed by atoms with E-state index in [2.05, 4.69) is 28.1 Å². The molecule has 1 aliphatic rings. The zero-order valence-corrected chi connectivity index (χ0v) is 9.83. The van der Waals surface area contributed by atoms with Crippen LogP contribution in [0.4, 0.5) is 0 Å². The molecular formula is C11H12BrNO2. The van der Waals surface area contributed by atoms with Crippen molar-refractivity contribution < 1.29 is 9.90 Å². The maximum absolute atomic E-state index is 10.6. The minimum Gasteiger partial charge on any atom is -0.480 e. The summed E-state index contributed by atoms with van der Waals surface area (Å²) in [5, 5.41) is 8.72. The Morgan fingerprint density at radius 1 is 1.47 bits per heavy atom. The molecule has 0 fully saturated rings. The minimum atomic E-state index is -0.756. The van der Waals surface area contributed by atoms with Crippen molar-refractivity contribution in [2.45, 2.75) is 13.0 Å². The fourth-order valence-corrected chi connectivity index (χ4v) is 2.32. The van der Waals surface area contributed by atoms with Crippen molar-refractivity contribution in [1.82, 2.24) is 4.90 Å². The number of benzene rings is 1. The van der Waals surface area contributed by atoms with Gasteiger partial charge in [-0.25, -0.2) is 0 Å². The van der Waals surface area contributed by atoms with E-state index in [0.717, 1.165) is 24.0 Å². The number of hydrogen-bond acceptors (Lipinski definition) is 2. The summed E-state index contributed by atoms with van der Waals surface area (Å²) in [5.41, 5.74) is 2.57. The second-order valence-corrected chi connectivity index (χ2v) is 4.68. The van der Waals surface area contributed by atoms with Crippen molar-refractivity contribution in [3.63, 3.8) is 0 Å². The molecule has 0 saturated carbocycles. The van der Waals surface area contributed by atoms with E-state index in [-0.39, 0.29) is 6.54 Å². The number of halogens is 1. The van der Waals surface area contributed by atoms with Crippen LogP contribution in [0.5, 0.6) is 0 Å². The molecule has 0 aromatic heterocycles. The SMILES string of the molecule is O=C(O)CN1CCc2ccc(Br)cc2C1. The van der Waals surface area contributed by atoms with Crippen LogP contribution in [0, 0.1) is 0 Å². The van der Waals surface area contributed by atoms with Gasteiger partial charge in [-0.15, -0.1) is 0 Å². The number of carbonyl (C=O) groups is 1. The third-order valence-electron chi connectivity index (χ3n) is 2.62. The van der Waals surface area contributed by atoms with E-state index in [1.165, 1.54) is 11.1 Å². The van der Waals surface area contributed by atoms with E-state index >= 15 is 0 Å². The van der Waals surface area contributed by atoms with Gasteiger partial charge in [0.15, 0.2) is 0 Å². The number of aliphatic carboxylic acids is 1. The molecule has 0 aliphatic carbocycles. The minimum absolute atomic E-state index is 0.131. The van der Waals surface area contributed by atoms with Gasteiger partial charge in [-0.2, -0.15) is 0 Å². The van der Waals surface area contributed by atoms with Crippen LogP contribution >= 0.6 is 15.9 Å². The predicted molar refractivity (Wildman–Crippen MR) is 60.8 cm³/mol. The molecule has 0 atom stereocenters. The van der Waals surface area contributed by atoms with Gasteiger partial charge in [0, 0.05) is 17.6 Å². The van der Waals surface area contributed by atoms with Gasteiger partial charge in [-0.05, 0) is 29.7 Å². The summed E-state index contributed by atoms with van der Waals surface area (Å²) >= 11 is 3.43. The van der Waals surface area contributed by atoms with Gasteiger partial charge in [-0.1, -0.05) is 22.0 Å². The Kier molecular flexibility index (Phi) is 3.07. The van der Waals surface area contributed by atoms with Crippen molar-refractivity contribution >= 4 is 21.9 Å². The van der Waals surface area contributed by atoms with Crippen LogP contribution in [0.2, 0.25) is 0 Å². The molecule has 15 heavy (non-hydrogen) atoms. The van der Waals surface area contributed by atoms with Crippen molar-refractivity contribution in [2.24, 2.45) is 0 Å². The maximum atomic E-state index is 10.6. The lowest BCUT2D eigenvalue weighted by Crippen LogP contribution is -2.34. The molecule has 1 aromatic carbocycles. The van der Waals surface area contributed by atoms with Gasteiger partial charge in [0.05, 0.1) is 6.54 Å². The molecule has 0 saturated heterocycles. The van der Waals surface area contributed by atoms with Gasteiger partial charge in [0.1, 0.15) is 0 Å². The Bertz CT molecular complexity index is 392. The molecule has 0 radical (unpaired) electrons. The van der Waals surface area contributed by atoms with Crippen LogP contribution < -0.4 is 0 Å². The van der Waals surface area contributed by atoms with E-state index in [1.54, 1.807) is 0 Å². The van der Waals surface area contributed by atoms with E-state index < -0.39 is 5.97 Å². The third kappa shape index (κ3) is 2.58. The van der Waals surface area contributed by atoms with Crippen LogP contribution in [-0.2, 0) is 17.8 Å². The first-order valence-corrected chi connectivity index (χ1v) is 5.66. The number of fused-ring (bicyclic) bond motifs is 1. The molecule has 80 valence electrons. The first kappa shape index (κ1) is 10.6. The Morgan fingerprint density at radius 3 is 3.00 bits per heavy atom. The molecule has 1 aromatic rings. The number of rotatable bonds is 2. The van der Waals surface area contributed by atoms with Crippen molar-refractivity contribution in [1.29, 1.82) is 0 Å². The largest absolute Gasteiger partial charge is 0.480 e. The Labute approximate surface area is 96.8 Å². The van der Waals surface area contributed by atoms with Gasteiger partial charge in [-0.3, -0.25) is 9.69 Å². The van der Waals surface area contributed by atoms with Crippen LogP contribution in [0.15, 0.2) is 22.7 Å². The molecule has 0 amide bonds. The molecule has 3 nitrogen and oxygen atoms in total. The van der Waals surface area contributed by atoms with Crippen molar-refractivity contribution in [3.05, 3.63) is 33.8 Å². The summed E-state index contributed by atoms with van der Waals surface area (Å²) in [6.45, 7) is 1.70. The maximum Gasteiger partial charge on any atom is 0.317 e. The average molecular weight is 270 g/mol. The molecular weight excluding hydrogens is 258 g/mol. The number of hydrogen-bond donors (Lipinski definition) is 1. The van der Waals surface area contributed by atoms with E-state index in [0.29, 0.717) is 0 Å². The highest BCUT2D eigenvalue weighted by molar-refractivity contribution is 9.10. The number of carboxylic acids is 1. The Morgan fingerprint density at radius 2 is 2.27 bits per heavy atom. The smallest absolute Gasteiger partial charge is 0.317 e. The fourth-order valence-electron chi connectivity index (χ4n) is 1.91. The second-order valence-electron chi connectivity index (χ2n) is 3.77. The molecule has 1 heterocycles. The third-order valence-corrected chi connectivity index (χ3v) is 3.11. The first-order chi connectivity index (χ1) is 7.15. The highest BCUT2D eigenvalue weighted by Crippen LogP contribution is 2.22. The van der Waals surface area contributed by atoms with Crippen molar-refractivity contribution in [3.8, 4) is 0 Å². The van der Waals surface area contributed by atoms with E-state index in [1.807, 2.05) is 11.0 Å². The molecule has 0 unspecified atom stereocenters. The monoisotopic (exact) mass is 269 g/mol. The summed E-state index contributed by atoms with van der Waals surface area (Å²) in [5.74, 6) is -0.756. The molecule has 2 rings (SSSR count). The summed E-state index contributed by atoms with van der Waals surface area (Å²) in [4.78, 5) is 12.6. The van der Waals surface area contributed by atoms with Gasteiger partial charge < -0.3 is 5.11 Å². The second kappa shape index (κ2) is 4.33. The van der Waals surface area contributed by atoms with Crippen LogP contribution in [0.3, 0.4) is 0 Å². The van der Waals surface area contributed by atoms with E-state index in [9.17, 15) is 4.79 Å². The predicted octanol–water partition coefficient (Wildman–Crippen LogP) is 1.89. The first-order valence-electron chi connectivity index (χ1n) is 4.86. The summed E-state index contributed by atoms with van der Waals surface area (Å²) in [7, 11) is 0. The normalized spacial score (nSPS) is 16.1. The van der Waals surface area contributed by atoms with Crippen molar-refractivity contribution in [2.75, 3.05) is 13.1 Å². The zero-order chi connectivity index (χ0) is 10.8. The molecule has 1 N–H and O–H groups in total. The summed E-state index contributed by atoms with van der Waals surface area (Å²) < 4.78 is 1.05. The Balaban J connectivity index is 2.14. The quantitative estimate of drug-likeness (QED) is 0.892. The number of carboxylic acid groups (broad SMARTS) is 1. The number of nitrogens with zero attached hydrogens (tertiary/aromatic N) is 1. The molecule has 4 heteroatoms. The van der Waals surface area contributed by atoms with Gasteiger partial charge >= 0.3 is 5.97 Å². The lowest BCUT2D eigenvalue weighted by atomic mass is 10.00. The highest BCUT2D eigenvalue weighted by atomic mass is 79.9. The fraction of sp³-hybridized carbons (Fsp3) is 0.364. The van der Waals surface area contributed by atoms with Gasteiger partial charge in [0.2, 0.25) is 0 Å². The summed E-state index contributed by atoms with van der Waals surface area (Å²) in [6.07, 6.45) is 0.940. The van der Waals surface area contributed by atoms with E-state index in [4.69, 9.17) is 5.11 Å². The van der Waals surface area contributed by atoms with Crippen LogP contribution in [0.1, 0.15) is 11.1 Å². The lowest BCUT2D eigenvalue weighted by Gasteiger charge is -2.27. The van der Waals surface area contributed by atoms with Crippen LogP contribution in [-0.4, -0.2) is 29.1 Å². The molecule has 1 aliphatic heterocycles. The highest BCUT2D eigenvalue weighted by Gasteiger charge is 2.17. The lowest BCUT2D eigenvalue weighted by molar-refractivity contribution is -0.138. The Hall–Kier alpha value is -0.870. The van der Waals surface area contributed by atoms with Crippen LogP contribution in [0.25, 0.3) is 0 Å². The standard InChI is InChI=1S/C11H12BrNO2/c12-10-2-1-8-3-4-13(7-11(14)15)6-9(8)5-10/h1-2,5H,3-4,6-7H2,(H,14,15). The van der Waals surface area contributed by atoms with Gasteiger partial charge in [0.25, 0.3) is 0 Å². The average Bonchev–Trinajstić information content (AvgIpc) is 2.16. The topological polar surface area (TPSA) is 40.5 Å².